The van der Waals surface area contributed by atoms with Crippen LogP contribution in [0.15, 0.2) is 0 Å². The normalized spacial score (nSPS) is 26.2. The second-order valence-electron chi connectivity index (χ2n) is 5.41. The molecular formula is C12H24N2O2. The van der Waals surface area contributed by atoms with Gasteiger partial charge in [0.15, 0.2) is 0 Å². The smallest absolute Gasteiger partial charge is 0.407 e. The molecule has 1 fully saturated rings. The Balaban J connectivity index is 2.42. The average molecular weight is 228 g/mol. The summed E-state index contributed by atoms with van der Waals surface area (Å²) in [6.45, 7) is 9.69. The van der Waals surface area contributed by atoms with Crippen molar-refractivity contribution in [2.75, 3.05) is 13.1 Å². The molecule has 0 aromatic carbocycles. The minimum Gasteiger partial charge on any atom is -0.444 e. The molecule has 0 aromatic heterocycles. The summed E-state index contributed by atoms with van der Waals surface area (Å²) in [6, 6.07) is 0.202. The SMILES string of the molecule is CC[C@@H]1CCNC[C@@H]1NC(=O)OC(C)(C)C. The van der Waals surface area contributed by atoms with Gasteiger partial charge in [0.2, 0.25) is 0 Å². The molecule has 0 aliphatic carbocycles. The summed E-state index contributed by atoms with van der Waals surface area (Å²) in [5.74, 6) is 0.564. The van der Waals surface area contributed by atoms with Crippen LogP contribution >= 0.6 is 0 Å². The lowest BCUT2D eigenvalue weighted by Gasteiger charge is -2.32. The number of alkyl carbamates (subject to hydrolysis) is 1. The van der Waals surface area contributed by atoms with Crippen LogP contribution in [-0.4, -0.2) is 30.8 Å². The number of rotatable bonds is 2. The summed E-state index contributed by atoms with van der Waals surface area (Å²) in [5.41, 5.74) is -0.423. The third-order valence-electron chi connectivity index (χ3n) is 2.85. The lowest BCUT2D eigenvalue weighted by atomic mass is 9.90. The van der Waals surface area contributed by atoms with Gasteiger partial charge in [-0.2, -0.15) is 0 Å². The zero-order valence-electron chi connectivity index (χ0n) is 10.8. The van der Waals surface area contributed by atoms with E-state index in [1.807, 2.05) is 20.8 Å². The highest BCUT2D eigenvalue weighted by molar-refractivity contribution is 5.68. The number of amides is 1. The average Bonchev–Trinajstić information content (AvgIpc) is 2.15. The first-order valence-corrected chi connectivity index (χ1v) is 6.12. The minimum absolute atomic E-state index is 0.202. The number of hydrogen-bond donors (Lipinski definition) is 2. The molecule has 0 spiro atoms. The van der Waals surface area contributed by atoms with Crippen molar-refractivity contribution >= 4 is 6.09 Å². The van der Waals surface area contributed by atoms with Crippen molar-refractivity contribution in [3.8, 4) is 0 Å². The third kappa shape index (κ3) is 4.39. The summed E-state index contributed by atoms with van der Waals surface area (Å²) < 4.78 is 5.26. The topological polar surface area (TPSA) is 50.4 Å². The van der Waals surface area contributed by atoms with E-state index in [1.165, 1.54) is 0 Å². The van der Waals surface area contributed by atoms with Gasteiger partial charge in [-0.1, -0.05) is 13.3 Å². The molecule has 0 saturated carbocycles. The summed E-state index contributed by atoms with van der Waals surface area (Å²) in [6.07, 6.45) is 1.92. The van der Waals surface area contributed by atoms with Gasteiger partial charge in [0, 0.05) is 12.6 Å². The Morgan fingerprint density at radius 2 is 2.19 bits per heavy atom. The van der Waals surface area contributed by atoms with E-state index in [2.05, 4.69) is 17.6 Å². The van der Waals surface area contributed by atoms with Crippen LogP contribution < -0.4 is 10.6 Å². The quantitative estimate of drug-likeness (QED) is 0.759. The van der Waals surface area contributed by atoms with Gasteiger partial charge in [0.1, 0.15) is 5.60 Å². The first-order chi connectivity index (χ1) is 7.42. The van der Waals surface area contributed by atoms with Gasteiger partial charge in [-0.3, -0.25) is 0 Å². The van der Waals surface area contributed by atoms with Gasteiger partial charge in [0.05, 0.1) is 0 Å². The Bertz CT molecular complexity index is 236. The fourth-order valence-electron chi connectivity index (χ4n) is 2.03. The van der Waals surface area contributed by atoms with Gasteiger partial charge in [0.25, 0.3) is 0 Å². The second-order valence-corrected chi connectivity index (χ2v) is 5.41. The van der Waals surface area contributed by atoms with Crippen molar-refractivity contribution < 1.29 is 9.53 Å². The maximum Gasteiger partial charge on any atom is 0.407 e. The number of hydrogen-bond acceptors (Lipinski definition) is 3. The molecule has 0 unspecified atom stereocenters. The van der Waals surface area contributed by atoms with Gasteiger partial charge < -0.3 is 15.4 Å². The fourth-order valence-corrected chi connectivity index (χ4v) is 2.03. The van der Waals surface area contributed by atoms with Gasteiger partial charge in [-0.25, -0.2) is 4.79 Å². The predicted octanol–water partition coefficient (Wildman–Crippen LogP) is 1.90. The Hall–Kier alpha value is -0.770. The second kappa shape index (κ2) is 5.53. The van der Waals surface area contributed by atoms with Crippen molar-refractivity contribution in [1.82, 2.24) is 10.6 Å². The molecule has 2 N–H and O–H groups in total. The highest BCUT2D eigenvalue weighted by atomic mass is 16.6. The van der Waals surface area contributed by atoms with Crippen LogP contribution in [0.1, 0.15) is 40.5 Å². The summed E-state index contributed by atoms with van der Waals surface area (Å²) in [7, 11) is 0. The van der Waals surface area contributed by atoms with Crippen molar-refractivity contribution in [1.29, 1.82) is 0 Å². The third-order valence-corrected chi connectivity index (χ3v) is 2.85. The van der Waals surface area contributed by atoms with Crippen LogP contribution in [0.4, 0.5) is 4.79 Å². The minimum atomic E-state index is -0.423. The maximum absolute atomic E-state index is 11.6. The predicted molar refractivity (Wildman–Crippen MR) is 64.4 cm³/mol. The molecule has 0 aromatic rings. The van der Waals surface area contributed by atoms with Crippen molar-refractivity contribution in [3.63, 3.8) is 0 Å². The fraction of sp³-hybridized carbons (Fsp3) is 0.917. The number of carbonyl (C=O) groups excluding carboxylic acids is 1. The lowest BCUT2D eigenvalue weighted by Crippen LogP contribution is -2.51. The molecule has 0 radical (unpaired) electrons. The van der Waals surface area contributed by atoms with Crippen molar-refractivity contribution in [2.45, 2.75) is 52.2 Å². The van der Waals surface area contributed by atoms with E-state index >= 15 is 0 Å². The Morgan fingerprint density at radius 3 is 2.75 bits per heavy atom. The van der Waals surface area contributed by atoms with E-state index in [-0.39, 0.29) is 12.1 Å². The van der Waals surface area contributed by atoms with Crippen LogP contribution in [0.25, 0.3) is 0 Å². The molecule has 1 aliphatic rings. The first-order valence-electron chi connectivity index (χ1n) is 6.12. The molecule has 0 bridgehead atoms. The van der Waals surface area contributed by atoms with Gasteiger partial charge in [-0.05, 0) is 39.7 Å². The molecule has 2 atom stereocenters. The molecule has 94 valence electrons. The summed E-state index contributed by atoms with van der Waals surface area (Å²) in [4.78, 5) is 11.6. The van der Waals surface area contributed by atoms with E-state index < -0.39 is 5.60 Å². The van der Waals surface area contributed by atoms with E-state index in [1.54, 1.807) is 0 Å². The molecule has 1 rings (SSSR count). The zero-order chi connectivity index (χ0) is 12.2. The van der Waals surface area contributed by atoms with E-state index in [4.69, 9.17) is 4.74 Å². The number of carbonyl (C=O) groups is 1. The highest BCUT2D eigenvalue weighted by Crippen LogP contribution is 2.17. The van der Waals surface area contributed by atoms with Crippen LogP contribution in [0, 0.1) is 5.92 Å². The largest absolute Gasteiger partial charge is 0.444 e. The molecule has 16 heavy (non-hydrogen) atoms. The highest BCUT2D eigenvalue weighted by Gasteiger charge is 2.26. The number of piperidine rings is 1. The van der Waals surface area contributed by atoms with E-state index in [9.17, 15) is 4.79 Å². The van der Waals surface area contributed by atoms with Crippen molar-refractivity contribution in [3.05, 3.63) is 0 Å². The van der Waals surface area contributed by atoms with Gasteiger partial charge in [-0.15, -0.1) is 0 Å². The van der Waals surface area contributed by atoms with Crippen LogP contribution in [0.3, 0.4) is 0 Å². The Morgan fingerprint density at radius 1 is 1.50 bits per heavy atom. The monoisotopic (exact) mass is 228 g/mol. The van der Waals surface area contributed by atoms with E-state index in [0.717, 1.165) is 25.9 Å². The molecule has 1 amide bonds. The van der Waals surface area contributed by atoms with Crippen molar-refractivity contribution in [2.24, 2.45) is 5.92 Å². The molecular weight excluding hydrogens is 204 g/mol. The molecule has 4 heteroatoms. The van der Waals surface area contributed by atoms with Crippen LogP contribution in [-0.2, 0) is 4.74 Å². The van der Waals surface area contributed by atoms with E-state index in [0.29, 0.717) is 5.92 Å². The van der Waals surface area contributed by atoms with Gasteiger partial charge >= 0.3 is 6.09 Å². The zero-order valence-corrected chi connectivity index (χ0v) is 10.8. The summed E-state index contributed by atoms with van der Waals surface area (Å²) >= 11 is 0. The standard InChI is InChI=1S/C12H24N2O2/c1-5-9-6-7-13-8-10(9)14-11(15)16-12(2,3)4/h9-10,13H,5-8H2,1-4H3,(H,14,15)/t9-,10+/m1/s1. The maximum atomic E-state index is 11.6. The van der Waals surface area contributed by atoms with Crippen LogP contribution in [0.5, 0.6) is 0 Å². The Kier molecular flexibility index (Phi) is 4.59. The molecule has 1 heterocycles. The lowest BCUT2D eigenvalue weighted by molar-refractivity contribution is 0.0474. The van der Waals surface area contributed by atoms with Crippen LogP contribution in [0.2, 0.25) is 0 Å². The number of nitrogens with one attached hydrogen (secondary N) is 2. The number of ether oxygens (including phenoxy) is 1. The molecule has 1 aliphatic heterocycles. The molecule has 4 nitrogen and oxygen atoms in total. The Labute approximate surface area is 98.1 Å². The summed E-state index contributed by atoms with van der Waals surface area (Å²) in [5, 5.41) is 6.25. The first kappa shape index (κ1) is 13.3. The molecule has 1 saturated heterocycles.